The second kappa shape index (κ2) is 5.77. The third-order valence-corrected chi connectivity index (χ3v) is 5.01. The summed E-state index contributed by atoms with van der Waals surface area (Å²) in [6.07, 6.45) is 0. The molecule has 0 aromatic heterocycles. The summed E-state index contributed by atoms with van der Waals surface area (Å²) in [5.41, 5.74) is -0.412. The summed E-state index contributed by atoms with van der Waals surface area (Å²) < 4.78 is 26.2. The van der Waals surface area contributed by atoms with Crippen molar-refractivity contribution in [3.63, 3.8) is 0 Å². The van der Waals surface area contributed by atoms with Crippen LogP contribution in [0.25, 0.3) is 0 Å². The van der Waals surface area contributed by atoms with Gasteiger partial charge in [0.25, 0.3) is 5.69 Å². The average molecular weight is 337 g/mol. The van der Waals surface area contributed by atoms with Crippen molar-refractivity contribution in [3.8, 4) is 0 Å². The minimum absolute atomic E-state index is 0.266. The van der Waals surface area contributed by atoms with E-state index in [1.807, 2.05) is 0 Å². The zero-order chi connectivity index (χ0) is 13.9. The highest BCUT2D eigenvalue weighted by Gasteiger charge is 2.30. The monoisotopic (exact) mass is 336 g/mol. The molecule has 100 valence electrons. The maximum Gasteiger partial charge on any atom is 0.289 e. The molecule has 0 aliphatic rings. The molecule has 0 amide bonds. The number of halogens is 1. The van der Waals surface area contributed by atoms with Crippen molar-refractivity contribution in [1.82, 2.24) is 4.31 Å². The van der Waals surface area contributed by atoms with Crippen LogP contribution in [0.1, 0.15) is 13.8 Å². The molecule has 0 fully saturated rings. The van der Waals surface area contributed by atoms with Gasteiger partial charge in [0.2, 0.25) is 10.0 Å². The van der Waals surface area contributed by atoms with Gasteiger partial charge in [0.05, 0.1) is 4.92 Å². The van der Waals surface area contributed by atoms with Crippen LogP contribution in [0.3, 0.4) is 0 Å². The first-order chi connectivity index (χ1) is 8.34. The number of sulfonamides is 1. The predicted octanol–water partition coefficient (Wildman–Crippen LogP) is 2.39. The van der Waals surface area contributed by atoms with Gasteiger partial charge in [0.1, 0.15) is 0 Å². The van der Waals surface area contributed by atoms with E-state index in [0.29, 0.717) is 4.47 Å². The van der Waals surface area contributed by atoms with Crippen LogP contribution in [-0.2, 0) is 10.0 Å². The number of hydrogen-bond donors (Lipinski definition) is 0. The van der Waals surface area contributed by atoms with E-state index in [1.165, 1.54) is 22.5 Å². The lowest BCUT2D eigenvalue weighted by Crippen LogP contribution is -2.31. The molecule has 0 spiro atoms. The Morgan fingerprint density at radius 3 is 2.33 bits per heavy atom. The Morgan fingerprint density at radius 2 is 1.89 bits per heavy atom. The number of nitrogens with zero attached hydrogens (tertiary/aromatic N) is 2. The summed E-state index contributed by atoms with van der Waals surface area (Å²) in [7, 11) is -3.84. The average Bonchev–Trinajstić information content (AvgIpc) is 2.29. The number of rotatable bonds is 5. The largest absolute Gasteiger partial charge is 0.289 e. The van der Waals surface area contributed by atoms with Crippen LogP contribution in [0, 0.1) is 10.1 Å². The highest BCUT2D eigenvalue weighted by molar-refractivity contribution is 9.10. The maximum atomic E-state index is 12.3. The third-order valence-electron chi connectivity index (χ3n) is 2.44. The molecular formula is C10H13BrN2O4S. The van der Waals surface area contributed by atoms with Crippen molar-refractivity contribution in [2.24, 2.45) is 0 Å². The molecule has 6 nitrogen and oxygen atoms in total. The fraction of sp³-hybridized carbons (Fsp3) is 0.400. The molecule has 0 N–H and O–H groups in total. The van der Waals surface area contributed by atoms with Crippen molar-refractivity contribution in [2.45, 2.75) is 18.7 Å². The van der Waals surface area contributed by atoms with E-state index in [0.717, 1.165) is 0 Å². The van der Waals surface area contributed by atoms with Crippen LogP contribution in [-0.4, -0.2) is 30.7 Å². The van der Waals surface area contributed by atoms with E-state index in [2.05, 4.69) is 15.9 Å². The van der Waals surface area contributed by atoms with Gasteiger partial charge in [-0.05, 0) is 12.1 Å². The minimum atomic E-state index is -3.84. The van der Waals surface area contributed by atoms with Gasteiger partial charge in [-0.25, -0.2) is 8.42 Å². The molecule has 0 saturated heterocycles. The molecule has 0 aliphatic carbocycles. The van der Waals surface area contributed by atoms with Crippen molar-refractivity contribution >= 4 is 31.6 Å². The van der Waals surface area contributed by atoms with Crippen molar-refractivity contribution in [1.29, 1.82) is 0 Å². The van der Waals surface area contributed by atoms with Gasteiger partial charge in [0, 0.05) is 23.6 Å². The quantitative estimate of drug-likeness (QED) is 0.610. The number of hydrogen-bond acceptors (Lipinski definition) is 4. The van der Waals surface area contributed by atoms with E-state index in [-0.39, 0.29) is 18.0 Å². The summed E-state index contributed by atoms with van der Waals surface area (Å²) in [5.74, 6) is 0. The number of benzene rings is 1. The van der Waals surface area contributed by atoms with Gasteiger partial charge in [-0.15, -0.1) is 0 Å². The molecular weight excluding hydrogens is 324 g/mol. The Labute approximate surface area is 114 Å². The van der Waals surface area contributed by atoms with Crippen LogP contribution < -0.4 is 0 Å². The molecule has 0 unspecified atom stereocenters. The SMILES string of the molecule is CCN(CC)S(=O)(=O)c1cc(Br)ccc1[N+](=O)[O-]. The molecule has 1 aromatic carbocycles. The van der Waals surface area contributed by atoms with Crippen molar-refractivity contribution in [3.05, 3.63) is 32.8 Å². The van der Waals surface area contributed by atoms with Gasteiger partial charge in [-0.1, -0.05) is 29.8 Å². The molecule has 0 radical (unpaired) electrons. The number of nitro groups is 1. The first kappa shape index (κ1) is 15.1. The summed E-state index contributed by atoms with van der Waals surface area (Å²) in [6, 6.07) is 3.88. The van der Waals surface area contributed by atoms with E-state index in [9.17, 15) is 18.5 Å². The lowest BCUT2D eigenvalue weighted by molar-refractivity contribution is -0.387. The summed E-state index contributed by atoms with van der Waals surface area (Å²) in [6.45, 7) is 3.90. The Morgan fingerprint density at radius 1 is 1.33 bits per heavy atom. The summed E-state index contributed by atoms with van der Waals surface area (Å²) in [4.78, 5) is 9.91. The first-order valence-corrected chi connectivity index (χ1v) is 7.52. The van der Waals surface area contributed by atoms with E-state index >= 15 is 0 Å². The van der Waals surface area contributed by atoms with Gasteiger partial charge in [-0.3, -0.25) is 10.1 Å². The Hall–Kier alpha value is -0.990. The smallest absolute Gasteiger partial charge is 0.258 e. The first-order valence-electron chi connectivity index (χ1n) is 5.28. The maximum absolute atomic E-state index is 12.3. The van der Waals surface area contributed by atoms with Crippen LogP contribution in [0.4, 0.5) is 5.69 Å². The van der Waals surface area contributed by atoms with Crippen LogP contribution in [0.15, 0.2) is 27.6 Å². The Balaban J connectivity index is 3.48. The topological polar surface area (TPSA) is 80.5 Å². The van der Waals surface area contributed by atoms with Crippen LogP contribution in [0.5, 0.6) is 0 Å². The highest BCUT2D eigenvalue weighted by Crippen LogP contribution is 2.29. The lowest BCUT2D eigenvalue weighted by atomic mass is 10.3. The van der Waals surface area contributed by atoms with Crippen LogP contribution >= 0.6 is 15.9 Å². The van der Waals surface area contributed by atoms with Gasteiger partial charge < -0.3 is 0 Å². The second-order valence-electron chi connectivity index (χ2n) is 3.46. The summed E-state index contributed by atoms with van der Waals surface area (Å²) >= 11 is 3.13. The van der Waals surface area contributed by atoms with Crippen molar-refractivity contribution < 1.29 is 13.3 Å². The molecule has 0 bridgehead atoms. The zero-order valence-electron chi connectivity index (χ0n) is 9.96. The van der Waals surface area contributed by atoms with E-state index in [1.54, 1.807) is 13.8 Å². The second-order valence-corrected chi connectivity index (χ2v) is 6.28. The van der Waals surface area contributed by atoms with E-state index < -0.39 is 20.6 Å². The summed E-state index contributed by atoms with van der Waals surface area (Å²) in [5, 5.41) is 10.9. The van der Waals surface area contributed by atoms with Gasteiger partial charge in [0.15, 0.2) is 4.90 Å². The van der Waals surface area contributed by atoms with Crippen LogP contribution in [0.2, 0.25) is 0 Å². The Bertz CT molecular complexity index is 555. The molecule has 0 atom stereocenters. The molecule has 0 heterocycles. The fourth-order valence-corrected chi connectivity index (χ4v) is 3.70. The van der Waals surface area contributed by atoms with Gasteiger partial charge in [-0.2, -0.15) is 4.31 Å². The highest BCUT2D eigenvalue weighted by atomic mass is 79.9. The number of nitro benzene ring substituents is 1. The zero-order valence-corrected chi connectivity index (χ0v) is 12.4. The standard InChI is InChI=1S/C10H13BrN2O4S/c1-3-12(4-2)18(16,17)10-7-8(11)5-6-9(10)13(14)15/h5-7H,3-4H2,1-2H3. The lowest BCUT2D eigenvalue weighted by Gasteiger charge is -2.18. The van der Waals surface area contributed by atoms with E-state index in [4.69, 9.17) is 0 Å². The third kappa shape index (κ3) is 2.88. The minimum Gasteiger partial charge on any atom is -0.258 e. The predicted molar refractivity (Wildman–Crippen MR) is 70.9 cm³/mol. The molecule has 18 heavy (non-hydrogen) atoms. The fourth-order valence-electron chi connectivity index (χ4n) is 1.55. The molecule has 8 heteroatoms. The molecule has 0 aliphatic heterocycles. The molecule has 0 saturated carbocycles. The molecule has 1 rings (SSSR count). The molecule has 1 aromatic rings. The Kier molecular flexibility index (Phi) is 4.83. The van der Waals surface area contributed by atoms with Gasteiger partial charge >= 0.3 is 0 Å². The normalized spacial score (nSPS) is 11.8. The van der Waals surface area contributed by atoms with Crippen molar-refractivity contribution in [2.75, 3.05) is 13.1 Å².